The van der Waals surface area contributed by atoms with Crippen molar-refractivity contribution in [3.05, 3.63) is 55.7 Å². The van der Waals surface area contributed by atoms with Crippen LogP contribution in [0.25, 0.3) is 0 Å². The molecule has 0 fully saturated rings. The standard InChI is InChI=1S/C17H20BrNS/c1-11-9-16(20-17(11)18)15(19)10-13-7-4-6-12-5-2-3-8-14(12)13/h2-3,5,8-9,13,15H,4,6-7,10,19H2,1H3. The Kier molecular flexibility index (Phi) is 4.29. The third kappa shape index (κ3) is 2.85. The van der Waals surface area contributed by atoms with Gasteiger partial charge in [0.25, 0.3) is 0 Å². The third-order valence-electron chi connectivity index (χ3n) is 4.27. The van der Waals surface area contributed by atoms with E-state index in [2.05, 4.69) is 53.2 Å². The fourth-order valence-corrected chi connectivity index (χ4v) is 4.77. The lowest BCUT2D eigenvalue weighted by molar-refractivity contribution is 0.479. The van der Waals surface area contributed by atoms with E-state index in [1.807, 2.05) is 0 Å². The summed E-state index contributed by atoms with van der Waals surface area (Å²) in [7, 11) is 0. The summed E-state index contributed by atoms with van der Waals surface area (Å²) in [5.41, 5.74) is 10.8. The Morgan fingerprint density at radius 1 is 1.40 bits per heavy atom. The van der Waals surface area contributed by atoms with Gasteiger partial charge >= 0.3 is 0 Å². The topological polar surface area (TPSA) is 26.0 Å². The minimum atomic E-state index is 0.154. The summed E-state index contributed by atoms with van der Waals surface area (Å²) in [5.74, 6) is 0.621. The van der Waals surface area contributed by atoms with Crippen molar-refractivity contribution < 1.29 is 0 Å². The maximum Gasteiger partial charge on any atom is 0.0731 e. The molecule has 2 atom stereocenters. The van der Waals surface area contributed by atoms with Gasteiger partial charge in [0.05, 0.1) is 3.79 Å². The van der Waals surface area contributed by atoms with Gasteiger partial charge in [-0.3, -0.25) is 0 Å². The zero-order valence-electron chi connectivity index (χ0n) is 11.7. The van der Waals surface area contributed by atoms with Gasteiger partial charge in [-0.1, -0.05) is 24.3 Å². The SMILES string of the molecule is Cc1cc(C(N)CC2CCCc3ccccc32)sc1Br. The number of nitrogens with two attached hydrogens (primary N) is 1. The van der Waals surface area contributed by atoms with Crippen molar-refractivity contribution in [1.82, 2.24) is 0 Å². The fourth-order valence-electron chi connectivity index (χ4n) is 3.19. The van der Waals surface area contributed by atoms with Crippen LogP contribution in [0.5, 0.6) is 0 Å². The zero-order chi connectivity index (χ0) is 14.1. The molecule has 1 aromatic carbocycles. The predicted octanol–water partition coefficient (Wildman–Crippen LogP) is 5.33. The van der Waals surface area contributed by atoms with Crippen LogP contribution < -0.4 is 5.73 Å². The summed E-state index contributed by atoms with van der Waals surface area (Å²) in [5, 5.41) is 0. The lowest BCUT2D eigenvalue weighted by Crippen LogP contribution is -2.17. The molecule has 0 radical (unpaired) electrons. The van der Waals surface area contributed by atoms with Crippen LogP contribution in [0.2, 0.25) is 0 Å². The molecule has 2 aromatic rings. The van der Waals surface area contributed by atoms with Crippen LogP contribution in [-0.4, -0.2) is 0 Å². The molecule has 0 amide bonds. The molecule has 1 heterocycles. The first-order valence-corrected chi connectivity index (χ1v) is 8.85. The Bertz CT molecular complexity index is 585. The van der Waals surface area contributed by atoms with Crippen LogP contribution in [0, 0.1) is 6.92 Å². The number of fused-ring (bicyclic) bond motifs is 1. The molecule has 20 heavy (non-hydrogen) atoms. The quantitative estimate of drug-likeness (QED) is 0.796. The minimum Gasteiger partial charge on any atom is -0.323 e. The van der Waals surface area contributed by atoms with Crippen molar-refractivity contribution in [1.29, 1.82) is 0 Å². The van der Waals surface area contributed by atoms with Gasteiger partial charge in [0.2, 0.25) is 0 Å². The molecule has 3 rings (SSSR count). The van der Waals surface area contributed by atoms with Crippen LogP contribution >= 0.6 is 27.3 Å². The Hall–Kier alpha value is -0.640. The second-order valence-corrected chi connectivity index (χ2v) is 8.14. The average molecular weight is 350 g/mol. The summed E-state index contributed by atoms with van der Waals surface area (Å²) in [6, 6.07) is 11.3. The van der Waals surface area contributed by atoms with Gasteiger partial charge in [0.15, 0.2) is 0 Å². The highest BCUT2D eigenvalue weighted by molar-refractivity contribution is 9.11. The van der Waals surface area contributed by atoms with Gasteiger partial charge in [-0.05, 0) is 77.2 Å². The van der Waals surface area contributed by atoms with E-state index >= 15 is 0 Å². The summed E-state index contributed by atoms with van der Waals surface area (Å²) in [6.07, 6.45) is 4.85. The Balaban J connectivity index is 1.78. The first-order valence-electron chi connectivity index (χ1n) is 7.24. The van der Waals surface area contributed by atoms with Crippen LogP contribution in [0.3, 0.4) is 0 Å². The smallest absolute Gasteiger partial charge is 0.0731 e. The highest BCUT2D eigenvalue weighted by atomic mass is 79.9. The second kappa shape index (κ2) is 6.00. The average Bonchev–Trinajstić information content (AvgIpc) is 2.79. The van der Waals surface area contributed by atoms with E-state index in [1.54, 1.807) is 11.3 Å². The largest absolute Gasteiger partial charge is 0.323 e. The molecule has 0 aliphatic heterocycles. The lowest BCUT2D eigenvalue weighted by atomic mass is 9.79. The number of hydrogen-bond acceptors (Lipinski definition) is 2. The molecule has 2 N–H and O–H groups in total. The molecule has 2 unspecified atom stereocenters. The van der Waals surface area contributed by atoms with Crippen molar-refractivity contribution in [2.45, 2.75) is 44.6 Å². The number of hydrogen-bond donors (Lipinski definition) is 1. The number of benzene rings is 1. The third-order valence-corrected chi connectivity index (χ3v) is 6.54. The lowest BCUT2D eigenvalue weighted by Gasteiger charge is -2.27. The van der Waals surface area contributed by atoms with E-state index in [4.69, 9.17) is 5.73 Å². The van der Waals surface area contributed by atoms with Crippen molar-refractivity contribution in [2.24, 2.45) is 5.73 Å². The molecule has 0 bridgehead atoms. The van der Waals surface area contributed by atoms with Crippen molar-refractivity contribution in [3.63, 3.8) is 0 Å². The summed E-state index contributed by atoms with van der Waals surface area (Å²) in [6.45, 7) is 2.13. The molecule has 0 spiro atoms. The van der Waals surface area contributed by atoms with E-state index in [-0.39, 0.29) is 6.04 Å². The molecule has 106 valence electrons. The molecular weight excluding hydrogens is 330 g/mol. The summed E-state index contributed by atoms with van der Waals surface area (Å²) < 4.78 is 1.21. The minimum absolute atomic E-state index is 0.154. The van der Waals surface area contributed by atoms with Gasteiger partial charge in [-0.15, -0.1) is 11.3 Å². The second-order valence-electron chi connectivity index (χ2n) is 5.74. The Morgan fingerprint density at radius 2 is 2.20 bits per heavy atom. The molecule has 1 aliphatic carbocycles. The van der Waals surface area contributed by atoms with Crippen molar-refractivity contribution >= 4 is 27.3 Å². The monoisotopic (exact) mass is 349 g/mol. The van der Waals surface area contributed by atoms with Crippen molar-refractivity contribution in [3.8, 4) is 0 Å². The van der Waals surface area contributed by atoms with Crippen LogP contribution in [0.15, 0.2) is 34.1 Å². The van der Waals surface area contributed by atoms with Crippen LogP contribution in [-0.2, 0) is 6.42 Å². The van der Waals surface area contributed by atoms with Gasteiger partial charge in [0, 0.05) is 10.9 Å². The van der Waals surface area contributed by atoms with Crippen molar-refractivity contribution in [2.75, 3.05) is 0 Å². The number of halogens is 1. The first kappa shape index (κ1) is 14.3. The Labute approximate surface area is 133 Å². The van der Waals surface area contributed by atoms with E-state index in [0.717, 1.165) is 6.42 Å². The van der Waals surface area contributed by atoms with Gasteiger partial charge in [0.1, 0.15) is 0 Å². The molecule has 0 saturated carbocycles. The zero-order valence-corrected chi connectivity index (χ0v) is 14.1. The maximum absolute atomic E-state index is 6.45. The normalized spacial score (nSPS) is 19.6. The highest BCUT2D eigenvalue weighted by Crippen LogP contribution is 2.39. The van der Waals surface area contributed by atoms with Gasteiger partial charge < -0.3 is 5.73 Å². The summed E-state index contributed by atoms with van der Waals surface area (Å²) in [4.78, 5) is 1.30. The number of thiophene rings is 1. The molecule has 3 heteroatoms. The van der Waals surface area contributed by atoms with Gasteiger partial charge in [-0.25, -0.2) is 0 Å². The van der Waals surface area contributed by atoms with Crippen LogP contribution in [0.4, 0.5) is 0 Å². The Morgan fingerprint density at radius 3 is 2.95 bits per heavy atom. The molecule has 0 saturated heterocycles. The maximum atomic E-state index is 6.45. The number of aryl methyl sites for hydroxylation is 2. The fraction of sp³-hybridized carbons (Fsp3) is 0.412. The summed E-state index contributed by atoms with van der Waals surface area (Å²) >= 11 is 5.38. The van der Waals surface area contributed by atoms with Crippen LogP contribution in [0.1, 0.15) is 52.8 Å². The van der Waals surface area contributed by atoms with E-state index in [1.165, 1.54) is 44.6 Å². The van der Waals surface area contributed by atoms with E-state index in [9.17, 15) is 0 Å². The van der Waals surface area contributed by atoms with Gasteiger partial charge in [-0.2, -0.15) is 0 Å². The first-order chi connectivity index (χ1) is 9.65. The van der Waals surface area contributed by atoms with E-state index < -0.39 is 0 Å². The highest BCUT2D eigenvalue weighted by Gasteiger charge is 2.23. The molecular formula is C17H20BrNS. The molecule has 1 aromatic heterocycles. The molecule has 1 aliphatic rings. The molecule has 1 nitrogen and oxygen atoms in total. The predicted molar refractivity (Wildman–Crippen MR) is 90.4 cm³/mol. The number of rotatable bonds is 3. The van der Waals surface area contributed by atoms with E-state index in [0.29, 0.717) is 5.92 Å².